The van der Waals surface area contributed by atoms with Gasteiger partial charge in [0.25, 0.3) is 0 Å². The van der Waals surface area contributed by atoms with Crippen LogP contribution < -0.4 is 0 Å². The molecule has 52 valence electrons. The lowest BCUT2D eigenvalue weighted by Gasteiger charge is -1.94. The van der Waals surface area contributed by atoms with Gasteiger partial charge in [-0.2, -0.15) is 0 Å². The fourth-order valence-corrected chi connectivity index (χ4v) is 0.739. The summed E-state index contributed by atoms with van der Waals surface area (Å²) in [5.41, 5.74) is 0. The first kappa shape index (κ1) is 10.9. The van der Waals surface area contributed by atoms with Crippen LogP contribution in [0.4, 0.5) is 0 Å². The van der Waals surface area contributed by atoms with Crippen molar-refractivity contribution in [2.75, 3.05) is 6.61 Å². The van der Waals surface area contributed by atoms with E-state index in [0.29, 0.717) is 6.10 Å². The fourth-order valence-electron chi connectivity index (χ4n) is 0.739. The van der Waals surface area contributed by atoms with Crippen LogP contribution in [0.2, 0.25) is 0 Å². The molecule has 0 aliphatic carbocycles. The summed E-state index contributed by atoms with van der Waals surface area (Å²) in [6.45, 7) is 3.11. The molecule has 0 amide bonds. The van der Waals surface area contributed by atoms with Gasteiger partial charge in [-0.15, -0.1) is 0 Å². The van der Waals surface area contributed by atoms with Crippen LogP contribution in [0.3, 0.4) is 0 Å². The third-order valence-corrected chi connectivity index (χ3v) is 1.16. The molecule has 8 heavy (non-hydrogen) atoms. The van der Waals surface area contributed by atoms with Gasteiger partial charge in [0.2, 0.25) is 0 Å². The molecule has 0 saturated carbocycles. The Morgan fingerprint density at radius 3 is 2.12 bits per heavy atom. The van der Waals surface area contributed by atoms with Gasteiger partial charge in [-0.05, 0) is 19.8 Å². The molecule has 1 saturated heterocycles. The van der Waals surface area contributed by atoms with Crippen molar-refractivity contribution in [1.82, 2.24) is 0 Å². The van der Waals surface area contributed by atoms with E-state index >= 15 is 0 Å². The van der Waals surface area contributed by atoms with Crippen LogP contribution in [0, 0.1) is 0 Å². The Balaban J connectivity index is 0. The van der Waals surface area contributed by atoms with Crippen molar-refractivity contribution in [1.29, 1.82) is 0 Å². The van der Waals surface area contributed by atoms with E-state index in [1.165, 1.54) is 12.8 Å². The molecule has 1 rings (SSSR count). The predicted molar refractivity (Wildman–Crippen MR) is 38.1 cm³/mol. The molecule has 0 aromatic heterocycles. The molecule has 1 fully saturated rings. The van der Waals surface area contributed by atoms with Gasteiger partial charge >= 0.3 is 0 Å². The van der Waals surface area contributed by atoms with E-state index in [-0.39, 0.29) is 14.9 Å². The Kier molecular flexibility index (Phi) is 6.93. The molecule has 0 radical (unpaired) electrons. The second-order valence-corrected chi connectivity index (χ2v) is 1.82. The van der Waals surface area contributed by atoms with Crippen molar-refractivity contribution in [2.24, 2.45) is 0 Å². The lowest BCUT2D eigenvalue weighted by molar-refractivity contribution is 0.125. The Morgan fingerprint density at radius 2 is 2.00 bits per heavy atom. The van der Waals surface area contributed by atoms with Crippen LogP contribution >= 0.6 is 0 Å². The second kappa shape index (κ2) is 5.10. The molecule has 0 aromatic rings. The van der Waals surface area contributed by atoms with E-state index in [9.17, 15) is 0 Å². The van der Waals surface area contributed by atoms with Crippen LogP contribution in [0.25, 0.3) is 0 Å². The van der Waals surface area contributed by atoms with Crippen molar-refractivity contribution >= 4 is 0 Å². The van der Waals surface area contributed by atoms with Crippen molar-refractivity contribution < 1.29 is 4.74 Å². The summed E-state index contributed by atoms with van der Waals surface area (Å²) in [6, 6.07) is 0. The van der Waals surface area contributed by atoms with Gasteiger partial charge in [0, 0.05) is 6.61 Å². The lowest BCUT2D eigenvalue weighted by atomic mass is 10.3. The van der Waals surface area contributed by atoms with Gasteiger partial charge in [-0.25, -0.2) is 0 Å². The minimum atomic E-state index is 0. The molecule has 1 atom stereocenters. The van der Waals surface area contributed by atoms with Gasteiger partial charge in [0.1, 0.15) is 0 Å². The highest BCUT2D eigenvalue weighted by atomic mass is 16.5. The molecule has 1 heteroatoms. The van der Waals surface area contributed by atoms with Gasteiger partial charge in [0.15, 0.2) is 0 Å². The maximum absolute atomic E-state index is 5.15. The Hall–Kier alpha value is -0.0400. The van der Waals surface area contributed by atoms with E-state index in [0.717, 1.165) is 6.61 Å². The maximum atomic E-state index is 5.15. The zero-order valence-electron chi connectivity index (χ0n) is 4.11. The summed E-state index contributed by atoms with van der Waals surface area (Å²) >= 11 is 0. The molecule has 1 unspecified atom stereocenters. The van der Waals surface area contributed by atoms with E-state index < -0.39 is 0 Å². The monoisotopic (exact) mass is 118 g/mol. The molecule has 0 bridgehead atoms. The second-order valence-electron chi connectivity index (χ2n) is 1.82. The van der Waals surface area contributed by atoms with Crippen LogP contribution in [-0.2, 0) is 4.74 Å². The molecule has 0 aromatic carbocycles. The summed E-state index contributed by atoms with van der Waals surface area (Å²) in [5, 5.41) is 0. The summed E-state index contributed by atoms with van der Waals surface area (Å²) < 4.78 is 5.15. The van der Waals surface area contributed by atoms with Crippen LogP contribution in [-0.4, -0.2) is 12.7 Å². The predicted octanol–water partition coefficient (Wildman–Crippen LogP) is 2.46. The minimum Gasteiger partial charge on any atom is -0.379 e. The number of ether oxygens (including phenoxy) is 1. The quantitative estimate of drug-likeness (QED) is 0.474. The Bertz CT molecular complexity index is 37.7. The van der Waals surface area contributed by atoms with Crippen molar-refractivity contribution in [3.63, 3.8) is 0 Å². The van der Waals surface area contributed by atoms with Crippen molar-refractivity contribution in [2.45, 2.75) is 40.7 Å². The standard InChI is InChI=1S/C5H10O.2CH4/c1-5-3-2-4-6-5;;/h5H,2-4H2,1H3;2*1H4. The van der Waals surface area contributed by atoms with Crippen molar-refractivity contribution in [3.05, 3.63) is 0 Å². The van der Waals surface area contributed by atoms with Crippen LogP contribution in [0.15, 0.2) is 0 Å². The Labute approximate surface area is 53.0 Å². The summed E-state index contributed by atoms with van der Waals surface area (Å²) in [4.78, 5) is 0. The SMILES string of the molecule is C.C.CC1CCCO1. The first-order valence-electron chi connectivity index (χ1n) is 2.51. The number of hydrogen-bond acceptors (Lipinski definition) is 1. The third kappa shape index (κ3) is 3.03. The molecule has 1 aliphatic rings. The molecule has 1 aliphatic heterocycles. The van der Waals surface area contributed by atoms with Crippen LogP contribution in [0.5, 0.6) is 0 Å². The number of rotatable bonds is 0. The van der Waals surface area contributed by atoms with E-state index in [1.807, 2.05) is 0 Å². The third-order valence-electron chi connectivity index (χ3n) is 1.16. The summed E-state index contributed by atoms with van der Waals surface area (Å²) in [5.74, 6) is 0. The molecule has 1 heterocycles. The van der Waals surface area contributed by atoms with Gasteiger partial charge in [-0.3, -0.25) is 0 Å². The van der Waals surface area contributed by atoms with Gasteiger partial charge in [0.05, 0.1) is 6.10 Å². The average Bonchev–Trinajstić information content (AvgIpc) is 1.86. The average molecular weight is 118 g/mol. The number of hydrogen-bond donors (Lipinski definition) is 0. The Morgan fingerprint density at radius 1 is 1.38 bits per heavy atom. The van der Waals surface area contributed by atoms with Crippen molar-refractivity contribution in [3.8, 4) is 0 Å². The van der Waals surface area contributed by atoms with Gasteiger partial charge in [-0.1, -0.05) is 14.9 Å². The van der Waals surface area contributed by atoms with E-state index in [2.05, 4.69) is 6.92 Å². The highest BCUT2D eigenvalue weighted by Gasteiger charge is 2.07. The zero-order valence-corrected chi connectivity index (χ0v) is 4.11. The normalized spacial score (nSPS) is 25.9. The van der Waals surface area contributed by atoms with E-state index in [4.69, 9.17) is 4.74 Å². The largest absolute Gasteiger partial charge is 0.379 e. The first-order chi connectivity index (χ1) is 2.89. The zero-order chi connectivity index (χ0) is 4.41. The first-order valence-corrected chi connectivity index (χ1v) is 2.51. The van der Waals surface area contributed by atoms with E-state index in [1.54, 1.807) is 0 Å². The molecule has 1 nitrogen and oxygen atoms in total. The van der Waals surface area contributed by atoms with Gasteiger partial charge < -0.3 is 4.74 Å². The summed E-state index contributed by atoms with van der Waals surface area (Å²) in [7, 11) is 0. The smallest absolute Gasteiger partial charge is 0.0547 e. The maximum Gasteiger partial charge on any atom is 0.0547 e. The highest BCUT2D eigenvalue weighted by molar-refractivity contribution is 4.56. The molecular formula is C7H18O. The van der Waals surface area contributed by atoms with Crippen LogP contribution in [0.1, 0.15) is 34.6 Å². The lowest BCUT2D eigenvalue weighted by Crippen LogP contribution is -1.94. The molecule has 0 spiro atoms. The highest BCUT2D eigenvalue weighted by Crippen LogP contribution is 2.09. The minimum absolute atomic E-state index is 0. The topological polar surface area (TPSA) is 9.23 Å². The fraction of sp³-hybridized carbons (Fsp3) is 1.00. The summed E-state index contributed by atoms with van der Waals surface area (Å²) in [6.07, 6.45) is 3.08. The molecule has 0 N–H and O–H groups in total. The molecular weight excluding hydrogens is 100 g/mol.